The quantitative estimate of drug-likeness (QED) is 0.650. The molecule has 1 atom stereocenters. The summed E-state index contributed by atoms with van der Waals surface area (Å²) in [7, 11) is 0. The zero-order valence-corrected chi connectivity index (χ0v) is 14.2. The van der Waals surface area contributed by atoms with Gasteiger partial charge in [-0.25, -0.2) is 4.79 Å². The van der Waals surface area contributed by atoms with Crippen LogP contribution in [0.3, 0.4) is 0 Å². The SMILES string of the molecule is O=C(CC1NC(=O)NC1=O)NCC1(N2CCCCC2)CCCCC1. The van der Waals surface area contributed by atoms with Gasteiger partial charge in [0, 0.05) is 12.1 Å². The molecule has 1 unspecified atom stereocenters. The monoisotopic (exact) mass is 336 g/mol. The second-order valence-corrected chi connectivity index (χ2v) is 7.33. The van der Waals surface area contributed by atoms with Crippen LogP contribution in [0.1, 0.15) is 57.8 Å². The molecule has 24 heavy (non-hydrogen) atoms. The van der Waals surface area contributed by atoms with Crippen LogP contribution in [0.15, 0.2) is 0 Å². The molecule has 1 aliphatic carbocycles. The predicted octanol–water partition coefficient (Wildman–Crippen LogP) is 0.889. The summed E-state index contributed by atoms with van der Waals surface area (Å²) in [4.78, 5) is 37.5. The van der Waals surface area contributed by atoms with Crippen molar-refractivity contribution >= 4 is 17.8 Å². The molecule has 1 saturated carbocycles. The van der Waals surface area contributed by atoms with Crippen LogP contribution in [0, 0.1) is 0 Å². The van der Waals surface area contributed by atoms with Crippen LogP contribution in [0.25, 0.3) is 0 Å². The maximum Gasteiger partial charge on any atom is 0.322 e. The summed E-state index contributed by atoms with van der Waals surface area (Å²) in [6.45, 7) is 2.89. The van der Waals surface area contributed by atoms with E-state index in [1.807, 2.05) is 0 Å². The molecule has 0 aromatic heterocycles. The van der Waals surface area contributed by atoms with Gasteiger partial charge in [0.05, 0.1) is 6.42 Å². The Labute approximate surface area is 142 Å². The zero-order valence-electron chi connectivity index (χ0n) is 14.2. The maximum absolute atomic E-state index is 12.3. The fourth-order valence-electron chi connectivity index (χ4n) is 4.31. The number of carbonyl (C=O) groups excluding carboxylic acids is 3. The van der Waals surface area contributed by atoms with Crippen molar-refractivity contribution in [2.24, 2.45) is 0 Å². The van der Waals surface area contributed by atoms with Crippen LogP contribution in [-0.2, 0) is 9.59 Å². The molecule has 0 aromatic carbocycles. The average molecular weight is 336 g/mol. The molecule has 0 radical (unpaired) electrons. The average Bonchev–Trinajstić information content (AvgIpc) is 2.92. The number of likely N-dealkylation sites (tertiary alicyclic amines) is 1. The van der Waals surface area contributed by atoms with Gasteiger partial charge in [0.2, 0.25) is 5.91 Å². The van der Waals surface area contributed by atoms with Crippen molar-refractivity contribution in [3.8, 4) is 0 Å². The minimum atomic E-state index is -0.741. The van der Waals surface area contributed by atoms with E-state index in [4.69, 9.17) is 0 Å². The number of imide groups is 1. The van der Waals surface area contributed by atoms with E-state index in [2.05, 4.69) is 20.9 Å². The van der Waals surface area contributed by atoms with E-state index in [1.165, 1.54) is 38.5 Å². The highest BCUT2D eigenvalue weighted by Crippen LogP contribution is 2.35. The summed E-state index contributed by atoms with van der Waals surface area (Å²) in [6.07, 6.45) is 9.76. The van der Waals surface area contributed by atoms with Gasteiger partial charge in [0.25, 0.3) is 5.91 Å². The molecular weight excluding hydrogens is 308 g/mol. The van der Waals surface area contributed by atoms with Gasteiger partial charge in [-0.3, -0.25) is 19.8 Å². The van der Waals surface area contributed by atoms with Gasteiger partial charge in [-0.1, -0.05) is 25.7 Å². The molecule has 3 fully saturated rings. The summed E-state index contributed by atoms with van der Waals surface area (Å²) >= 11 is 0. The van der Waals surface area contributed by atoms with Crippen molar-refractivity contribution in [3.63, 3.8) is 0 Å². The minimum absolute atomic E-state index is 0.00759. The molecule has 0 spiro atoms. The Bertz CT molecular complexity index is 496. The van der Waals surface area contributed by atoms with E-state index in [1.54, 1.807) is 0 Å². The molecule has 4 amide bonds. The Hall–Kier alpha value is -1.63. The highest BCUT2D eigenvalue weighted by molar-refractivity contribution is 6.05. The molecule has 3 aliphatic rings. The van der Waals surface area contributed by atoms with Crippen LogP contribution >= 0.6 is 0 Å². The predicted molar refractivity (Wildman–Crippen MR) is 89.3 cm³/mol. The van der Waals surface area contributed by atoms with Crippen LogP contribution < -0.4 is 16.0 Å². The van der Waals surface area contributed by atoms with Gasteiger partial charge in [-0.05, 0) is 38.8 Å². The molecule has 0 bridgehead atoms. The Kier molecular flexibility index (Phi) is 5.38. The summed E-state index contributed by atoms with van der Waals surface area (Å²) in [5, 5.41) is 7.68. The van der Waals surface area contributed by atoms with E-state index < -0.39 is 18.0 Å². The number of piperidine rings is 1. The maximum atomic E-state index is 12.3. The Morgan fingerprint density at radius 2 is 1.75 bits per heavy atom. The molecule has 3 N–H and O–H groups in total. The molecule has 2 saturated heterocycles. The number of amides is 4. The molecule has 2 aliphatic heterocycles. The van der Waals surface area contributed by atoms with Crippen molar-refractivity contribution in [1.29, 1.82) is 0 Å². The Morgan fingerprint density at radius 3 is 2.38 bits per heavy atom. The highest BCUT2D eigenvalue weighted by atomic mass is 16.2. The van der Waals surface area contributed by atoms with Crippen molar-refractivity contribution < 1.29 is 14.4 Å². The lowest BCUT2D eigenvalue weighted by Gasteiger charge is -2.48. The fraction of sp³-hybridized carbons (Fsp3) is 0.824. The van der Waals surface area contributed by atoms with Crippen molar-refractivity contribution in [2.45, 2.75) is 69.4 Å². The summed E-state index contributed by atoms with van der Waals surface area (Å²) in [6, 6.07) is -1.26. The lowest BCUT2D eigenvalue weighted by atomic mass is 9.79. The van der Waals surface area contributed by atoms with Crippen LogP contribution in [0.2, 0.25) is 0 Å². The van der Waals surface area contributed by atoms with Gasteiger partial charge in [-0.2, -0.15) is 0 Å². The van der Waals surface area contributed by atoms with E-state index in [0.717, 1.165) is 25.9 Å². The lowest BCUT2D eigenvalue weighted by molar-refractivity contribution is -0.127. The molecule has 0 aromatic rings. The number of nitrogens with zero attached hydrogens (tertiary/aromatic N) is 1. The smallest absolute Gasteiger partial charge is 0.322 e. The third-order valence-electron chi connectivity index (χ3n) is 5.67. The number of rotatable bonds is 5. The lowest BCUT2D eigenvalue weighted by Crippen LogP contribution is -2.58. The number of nitrogens with one attached hydrogen (secondary N) is 3. The molecule has 7 heteroatoms. The van der Waals surface area contributed by atoms with E-state index in [0.29, 0.717) is 6.54 Å². The molecule has 2 heterocycles. The summed E-state index contributed by atoms with van der Waals surface area (Å²) < 4.78 is 0. The normalized spacial score (nSPS) is 27.4. The van der Waals surface area contributed by atoms with E-state index >= 15 is 0 Å². The van der Waals surface area contributed by atoms with E-state index in [9.17, 15) is 14.4 Å². The first-order valence-corrected chi connectivity index (χ1v) is 9.22. The van der Waals surface area contributed by atoms with Gasteiger partial charge >= 0.3 is 6.03 Å². The molecular formula is C17H28N4O3. The van der Waals surface area contributed by atoms with Crippen LogP contribution in [0.4, 0.5) is 4.79 Å². The highest BCUT2D eigenvalue weighted by Gasteiger charge is 2.39. The standard InChI is InChI=1S/C17H28N4O3/c22-14(11-13-15(23)20-16(24)19-13)18-12-17(7-3-1-4-8-17)21-9-5-2-6-10-21/h13H,1-12H2,(H,18,22)(H2,19,20,23,24). The first-order chi connectivity index (χ1) is 11.6. The topological polar surface area (TPSA) is 90.5 Å². The van der Waals surface area contributed by atoms with Gasteiger partial charge < -0.3 is 10.6 Å². The van der Waals surface area contributed by atoms with Crippen LogP contribution in [-0.4, -0.2) is 54.0 Å². The van der Waals surface area contributed by atoms with Gasteiger partial charge in [0.1, 0.15) is 6.04 Å². The number of hydrogen-bond acceptors (Lipinski definition) is 4. The Balaban J connectivity index is 1.56. The molecule has 7 nitrogen and oxygen atoms in total. The number of urea groups is 1. The van der Waals surface area contributed by atoms with Gasteiger partial charge in [-0.15, -0.1) is 0 Å². The van der Waals surface area contributed by atoms with Crippen LogP contribution in [0.5, 0.6) is 0 Å². The second kappa shape index (κ2) is 7.51. The largest absolute Gasteiger partial charge is 0.354 e. The number of hydrogen-bond donors (Lipinski definition) is 3. The second-order valence-electron chi connectivity index (χ2n) is 7.33. The zero-order chi connectivity index (χ0) is 17.0. The molecule has 134 valence electrons. The van der Waals surface area contributed by atoms with Gasteiger partial charge in [0.15, 0.2) is 0 Å². The first kappa shape index (κ1) is 17.2. The Morgan fingerprint density at radius 1 is 1.08 bits per heavy atom. The third-order valence-corrected chi connectivity index (χ3v) is 5.67. The molecule has 3 rings (SSSR count). The van der Waals surface area contributed by atoms with Crippen molar-refractivity contribution in [2.75, 3.05) is 19.6 Å². The van der Waals surface area contributed by atoms with Crippen molar-refractivity contribution in [3.05, 3.63) is 0 Å². The fourth-order valence-corrected chi connectivity index (χ4v) is 4.31. The van der Waals surface area contributed by atoms with Crippen molar-refractivity contribution in [1.82, 2.24) is 20.9 Å². The summed E-state index contributed by atoms with van der Waals surface area (Å²) in [5.41, 5.74) is 0.0789. The third kappa shape index (κ3) is 3.88. The minimum Gasteiger partial charge on any atom is -0.354 e. The first-order valence-electron chi connectivity index (χ1n) is 9.22. The van der Waals surface area contributed by atoms with E-state index in [-0.39, 0.29) is 17.9 Å². The summed E-state index contributed by atoms with van der Waals surface area (Å²) in [5.74, 6) is -0.585. The number of carbonyl (C=O) groups is 3.